The fourth-order valence-corrected chi connectivity index (χ4v) is 6.95. The second-order valence-corrected chi connectivity index (χ2v) is 11.9. The van der Waals surface area contributed by atoms with Gasteiger partial charge in [0.2, 0.25) is 0 Å². The summed E-state index contributed by atoms with van der Waals surface area (Å²) in [4.78, 5) is 13.1. The summed E-state index contributed by atoms with van der Waals surface area (Å²) in [6, 6.07) is 0. The number of carbonyl (C=O) groups excluding carboxylic acids is 1. The third-order valence-electron chi connectivity index (χ3n) is 7.90. The molecule has 0 amide bonds. The molecule has 5 aliphatic rings. The van der Waals surface area contributed by atoms with E-state index < -0.39 is 6.29 Å². The maximum Gasteiger partial charge on any atom is 0.314 e. The summed E-state index contributed by atoms with van der Waals surface area (Å²) < 4.78 is 12.3. The van der Waals surface area contributed by atoms with E-state index >= 15 is 0 Å². The van der Waals surface area contributed by atoms with Crippen LogP contribution in [0.2, 0.25) is 0 Å². The summed E-state index contributed by atoms with van der Waals surface area (Å²) in [5.74, 6) is 3.25. The van der Waals surface area contributed by atoms with Crippen molar-refractivity contribution in [1.82, 2.24) is 0 Å². The van der Waals surface area contributed by atoms with Gasteiger partial charge in [-0.1, -0.05) is 34.6 Å². The minimum absolute atomic E-state index is 0.0336. The molecule has 5 fully saturated rings. The molecule has 0 aromatic carbocycles. The monoisotopic (exact) mass is 362 g/mol. The van der Waals surface area contributed by atoms with Crippen LogP contribution in [0.3, 0.4) is 0 Å². The van der Waals surface area contributed by atoms with E-state index in [0.717, 1.165) is 24.7 Å². The average Bonchev–Trinajstić information content (AvgIpc) is 3.02. The molecule has 0 aliphatic heterocycles. The first-order chi connectivity index (χ1) is 12.0. The molecule has 0 radical (unpaired) electrons. The molecule has 5 aliphatic carbocycles. The Kier molecular flexibility index (Phi) is 4.31. The van der Waals surface area contributed by atoms with E-state index in [-0.39, 0.29) is 22.2 Å². The van der Waals surface area contributed by atoms with Gasteiger partial charge in [-0.05, 0) is 86.4 Å². The minimum Gasteiger partial charge on any atom is -0.436 e. The van der Waals surface area contributed by atoms with Crippen LogP contribution in [0, 0.1) is 39.9 Å². The molecule has 0 spiro atoms. The van der Waals surface area contributed by atoms with Crippen molar-refractivity contribution >= 4 is 5.97 Å². The largest absolute Gasteiger partial charge is 0.436 e. The molecular weight excluding hydrogens is 324 g/mol. The highest BCUT2D eigenvalue weighted by Crippen LogP contribution is 2.68. The van der Waals surface area contributed by atoms with Gasteiger partial charge in [-0.2, -0.15) is 0 Å². The predicted octanol–water partition coefficient (Wildman–Crippen LogP) is 5.57. The zero-order valence-corrected chi connectivity index (χ0v) is 17.6. The lowest BCUT2D eigenvalue weighted by atomic mass is 9.55. The van der Waals surface area contributed by atoms with Crippen LogP contribution in [0.4, 0.5) is 0 Å². The number of esters is 1. The first-order valence-corrected chi connectivity index (χ1v) is 10.9. The molecule has 0 aromatic heterocycles. The van der Waals surface area contributed by atoms with Gasteiger partial charge in [-0.25, -0.2) is 0 Å². The smallest absolute Gasteiger partial charge is 0.314 e. The predicted molar refractivity (Wildman–Crippen MR) is 102 cm³/mol. The quantitative estimate of drug-likeness (QED) is 0.474. The van der Waals surface area contributed by atoms with Crippen LogP contribution < -0.4 is 0 Å². The molecule has 0 aromatic rings. The van der Waals surface area contributed by atoms with E-state index in [0.29, 0.717) is 17.9 Å². The minimum atomic E-state index is -0.418. The number of hydrogen-bond acceptors (Lipinski definition) is 3. The molecule has 0 saturated heterocycles. The summed E-state index contributed by atoms with van der Waals surface area (Å²) in [6.07, 6.45) is 8.50. The SMILES string of the molecule is CC(OC(=O)[C@]1(CC(C)(C)C)CC1(C)C)OC1C2CC3CC(C2)CC1C3. The highest BCUT2D eigenvalue weighted by molar-refractivity contribution is 5.82. The van der Waals surface area contributed by atoms with Crippen LogP contribution in [0.25, 0.3) is 0 Å². The second-order valence-electron chi connectivity index (χ2n) is 11.9. The topological polar surface area (TPSA) is 35.5 Å². The number of carbonyl (C=O) groups is 1. The van der Waals surface area contributed by atoms with E-state index in [1.165, 1.54) is 32.1 Å². The van der Waals surface area contributed by atoms with Crippen molar-refractivity contribution in [3.05, 3.63) is 0 Å². The fraction of sp³-hybridized carbons (Fsp3) is 0.957. The number of rotatable bonds is 5. The lowest BCUT2D eigenvalue weighted by Gasteiger charge is -2.54. The Hall–Kier alpha value is -0.570. The molecule has 3 heteroatoms. The molecule has 0 heterocycles. The molecule has 0 N–H and O–H groups in total. The molecule has 1 unspecified atom stereocenters. The lowest BCUT2D eigenvalue weighted by Crippen LogP contribution is -2.50. The van der Waals surface area contributed by atoms with Crippen LogP contribution in [-0.2, 0) is 14.3 Å². The van der Waals surface area contributed by atoms with Gasteiger partial charge < -0.3 is 9.47 Å². The third-order valence-corrected chi connectivity index (χ3v) is 7.90. The summed E-state index contributed by atoms with van der Waals surface area (Å²) in [6.45, 7) is 13.0. The summed E-state index contributed by atoms with van der Waals surface area (Å²) in [5.41, 5.74) is -0.162. The average molecular weight is 363 g/mol. The van der Waals surface area contributed by atoms with Crippen LogP contribution >= 0.6 is 0 Å². The van der Waals surface area contributed by atoms with Gasteiger partial charge in [0, 0.05) is 0 Å². The second kappa shape index (κ2) is 5.96. The number of ether oxygens (including phenoxy) is 2. The van der Waals surface area contributed by atoms with Gasteiger partial charge in [0.15, 0.2) is 6.29 Å². The van der Waals surface area contributed by atoms with Crippen molar-refractivity contribution in [2.24, 2.45) is 39.9 Å². The maximum atomic E-state index is 13.1. The molecule has 4 bridgehead atoms. The molecule has 5 saturated carbocycles. The highest BCUT2D eigenvalue weighted by Gasteiger charge is 2.68. The van der Waals surface area contributed by atoms with Gasteiger partial charge >= 0.3 is 5.97 Å². The third kappa shape index (κ3) is 3.23. The van der Waals surface area contributed by atoms with Gasteiger partial charge in [-0.15, -0.1) is 0 Å². The van der Waals surface area contributed by atoms with Gasteiger partial charge in [0.1, 0.15) is 0 Å². The Bertz CT molecular complexity index is 544. The van der Waals surface area contributed by atoms with Crippen LogP contribution in [-0.4, -0.2) is 18.4 Å². The highest BCUT2D eigenvalue weighted by atomic mass is 16.7. The molecule has 148 valence electrons. The van der Waals surface area contributed by atoms with Crippen molar-refractivity contribution in [1.29, 1.82) is 0 Å². The Balaban J connectivity index is 1.37. The van der Waals surface area contributed by atoms with Crippen LogP contribution in [0.5, 0.6) is 0 Å². The zero-order valence-electron chi connectivity index (χ0n) is 17.6. The summed E-state index contributed by atoms with van der Waals surface area (Å²) >= 11 is 0. The van der Waals surface area contributed by atoms with Gasteiger partial charge in [-0.3, -0.25) is 4.79 Å². The first-order valence-electron chi connectivity index (χ1n) is 10.9. The molecule has 26 heavy (non-hydrogen) atoms. The molecule has 3 nitrogen and oxygen atoms in total. The lowest BCUT2D eigenvalue weighted by molar-refractivity contribution is -0.223. The van der Waals surface area contributed by atoms with Gasteiger partial charge in [0.05, 0.1) is 11.5 Å². The van der Waals surface area contributed by atoms with E-state index in [4.69, 9.17) is 9.47 Å². The number of hydrogen-bond donors (Lipinski definition) is 0. The van der Waals surface area contributed by atoms with E-state index in [1.54, 1.807) is 0 Å². The standard InChI is InChI=1S/C23H38O3/c1-14(25-19-17-8-15-7-16(10-17)11-18(19)9-15)26-20(24)23(12-21(2,3)4)13-22(23,5)6/h14-19H,7-13H2,1-6H3/t14?,15?,16?,17?,18?,19?,23-/m0/s1. The van der Waals surface area contributed by atoms with Crippen molar-refractivity contribution in [3.8, 4) is 0 Å². The van der Waals surface area contributed by atoms with Crippen molar-refractivity contribution in [2.75, 3.05) is 0 Å². The summed E-state index contributed by atoms with van der Waals surface area (Å²) in [7, 11) is 0. The first kappa shape index (κ1) is 18.8. The zero-order chi connectivity index (χ0) is 18.9. The van der Waals surface area contributed by atoms with Crippen LogP contribution in [0.1, 0.15) is 86.5 Å². The van der Waals surface area contributed by atoms with Gasteiger partial charge in [0.25, 0.3) is 0 Å². The van der Waals surface area contributed by atoms with Crippen LogP contribution in [0.15, 0.2) is 0 Å². The normalized spacial score (nSPS) is 44.0. The van der Waals surface area contributed by atoms with E-state index in [1.807, 2.05) is 6.92 Å². The summed E-state index contributed by atoms with van der Waals surface area (Å²) in [5, 5.41) is 0. The Morgan fingerprint density at radius 1 is 1.04 bits per heavy atom. The Labute approximate surface area is 159 Å². The Morgan fingerprint density at radius 3 is 1.96 bits per heavy atom. The van der Waals surface area contributed by atoms with E-state index in [9.17, 15) is 4.79 Å². The fourth-order valence-electron chi connectivity index (χ4n) is 6.95. The van der Waals surface area contributed by atoms with E-state index in [2.05, 4.69) is 34.6 Å². The van der Waals surface area contributed by atoms with Crippen molar-refractivity contribution in [3.63, 3.8) is 0 Å². The molecule has 2 atom stereocenters. The Morgan fingerprint density at radius 2 is 1.54 bits per heavy atom. The molecular formula is C23H38O3. The van der Waals surface area contributed by atoms with Crippen molar-refractivity contribution in [2.45, 2.75) is 98.9 Å². The molecule has 5 rings (SSSR count). The van der Waals surface area contributed by atoms with Crippen molar-refractivity contribution < 1.29 is 14.3 Å². The maximum absolute atomic E-state index is 13.1.